The second-order valence-electron chi connectivity index (χ2n) is 8.03. The Balaban J connectivity index is 1.53. The highest BCUT2D eigenvalue weighted by molar-refractivity contribution is 6.30. The Morgan fingerprint density at radius 3 is 2.77 bits per heavy atom. The number of pyridine rings is 1. The molecule has 4 N–H and O–H groups in total. The zero-order chi connectivity index (χ0) is 21.7. The van der Waals surface area contributed by atoms with E-state index >= 15 is 0 Å². The predicted molar refractivity (Wildman–Crippen MR) is 117 cm³/mol. The number of benzene rings is 1. The molecule has 0 radical (unpaired) electrons. The number of carbonyl (C=O) groups excluding carboxylic acids is 2. The summed E-state index contributed by atoms with van der Waals surface area (Å²) in [4.78, 5) is 30.9. The molecule has 1 aromatic heterocycles. The molecule has 3 rings (SSSR count). The predicted octanol–water partition coefficient (Wildman–Crippen LogP) is 2.95. The van der Waals surface area contributed by atoms with Gasteiger partial charge in [-0.25, -0.2) is 9.78 Å². The Kier molecular flexibility index (Phi) is 6.91. The summed E-state index contributed by atoms with van der Waals surface area (Å²) >= 11 is 5.80. The third-order valence-corrected chi connectivity index (χ3v) is 4.79. The first-order chi connectivity index (χ1) is 14.2. The first-order valence-electron chi connectivity index (χ1n) is 9.73. The highest BCUT2D eigenvalue weighted by Crippen LogP contribution is 2.16. The van der Waals surface area contributed by atoms with Gasteiger partial charge in [-0.05, 0) is 50.6 Å². The number of aliphatic hydroxyl groups is 1. The molecule has 2 heterocycles. The second-order valence-corrected chi connectivity index (χ2v) is 8.46. The maximum atomic E-state index is 12.4. The zero-order valence-electron chi connectivity index (χ0n) is 17.0. The Hall–Kier alpha value is -2.68. The van der Waals surface area contributed by atoms with Crippen LogP contribution in [0.25, 0.3) is 0 Å². The van der Waals surface area contributed by atoms with Crippen LogP contribution in [0.1, 0.15) is 30.6 Å². The van der Waals surface area contributed by atoms with Crippen LogP contribution < -0.4 is 16.0 Å². The van der Waals surface area contributed by atoms with Crippen molar-refractivity contribution in [3.05, 3.63) is 53.2 Å². The number of carbonyl (C=O) groups is 2. The van der Waals surface area contributed by atoms with Gasteiger partial charge >= 0.3 is 6.03 Å². The minimum atomic E-state index is -0.764. The molecule has 0 aliphatic carbocycles. The van der Waals surface area contributed by atoms with Gasteiger partial charge in [0.15, 0.2) is 0 Å². The number of nitrogens with zero attached hydrogens (tertiary/aromatic N) is 2. The van der Waals surface area contributed by atoms with Crippen LogP contribution in [-0.4, -0.2) is 58.2 Å². The summed E-state index contributed by atoms with van der Waals surface area (Å²) in [7, 11) is 0. The van der Waals surface area contributed by atoms with Gasteiger partial charge in [0, 0.05) is 43.1 Å². The van der Waals surface area contributed by atoms with E-state index in [4.69, 9.17) is 11.6 Å². The van der Waals surface area contributed by atoms with Crippen molar-refractivity contribution in [1.82, 2.24) is 15.2 Å². The molecule has 0 bridgehead atoms. The Bertz CT molecular complexity index is 898. The normalized spacial score (nSPS) is 16.9. The van der Waals surface area contributed by atoms with Crippen LogP contribution in [0.5, 0.6) is 0 Å². The number of anilines is 2. The lowest BCUT2D eigenvalue weighted by atomic mass is 10.1. The van der Waals surface area contributed by atoms with E-state index in [9.17, 15) is 14.7 Å². The maximum Gasteiger partial charge on any atom is 0.319 e. The summed E-state index contributed by atoms with van der Waals surface area (Å²) < 4.78 is 0. The third-order valence-electron chi connectivity index (χ3n) is 4.57. The smallest absolute Gasteiger partial charge is 0.319 e. The summed E-state index contributed by atoms with van der Waals surface area (Å²) in [5.41, 5.74) is 0.136. The molecule has 1 aromatic carbocycles. The summed E-state index contributed by atoms with van der Waals surface area (Å²) in [5.74, 6) is 0.0456. The third kappa shape index (κ3) is 6.69. The summed E-state index contributed by atoms with van der Waals surface area (Å²) in [6, 6.07) is 9.58. The number of halogens is 1. The molecule has 0 saturated carbocycles. The van der Waals surface area contributed by atoms with E-state index in [0.717, 1.165) is 13.0 Å². The van der Waals surface area contributed by atoms with Gasteiger partial charge in [-0.1, -0.05) is 17.7 Å². The number of aromatic nitrogens is 1. The van der Waals surface area contributed by atoms with Gasteiger partial charge in [-0.2, -0.15) is 0 Å². The lowest BCUT2D eigenvalue weighted by molar-refractivity contribution is 0.0434. The average molecular weight is 432 g/mol. The number of hydrogen-bond donors (Lipinski definition) is 4. The van der Waals surface area contributed by atoms with E-state index in [1.54, 1.807) is 50.2 Å². The van der Waals surface area contributed by atoms with Crippen molar-refractivity contribution >= 4 is 35.0 Å². The molecule has 1 atom stereocenters. The van der Waals surface area contributed by atoms with E-state index in [1.165, 1.54) is 6.20 Å². The molecule has 1 fully saturated rings. The van der Waals surface area contributed by atoms with E-state index < -0.39 is 5.60 Å². The molecule has 8 nitrogen and oxygen atoms in total. The van der Waals surface area contributed by atoms with Crippen molar-refractivity contribution in [3.63, 3.8) is 0 Å². The second kappa shape index (κ2) is 9.42. The fraction of sp³-hybridized carbons (Fsp3) is 0.381. The van der Waals surface area contributed by atoms with Gasteiger partial charge in [0.05, 0.1) is 10.6 Å². The van der Waals surface area contributed by atoms with Crippen molar-refractivity contribution in [1.29, 1.82) is 0 Å². The molecule has 30 heavy (non-hydrogen) atoms. The van der Waals surface area contributed by atoms with Crippen LogP contribution in [-0.2, 0) is 0 Å². The molecule has 2 aromatic rings. The minimum Gasteiger partial charge on any atom is -0.389 e. The van der Waals surface area contributed by atoms with E-state index in [-0.39, 0.29) is 18.0 Å². The number of rotatable bonds is 6. The maximum absolute atomic E-state index is 12.4. The topological polar surface area (TPSA) is 107 Å². The Labute approximate surface area is 180 Å². The molecule has 1 saturated heterocycles. The first-order valence-corrected chi connectivity index (χ1v) is 10.1. The van der Waals surface area contributed by atoms with Crippen molar-refractivity contribution in [3.8, 4) is 0 Å². The van der Waals surface area contributed by atoms with Crippen LogP contribution >= 0.6 is 11.6 Å². The molecule has 3 amide bonds. The average Bonchev–Trinajstić information content (AvgIpc) is 3.08. The van der Waals surface area contributed by atoms with Gasteiger partial charge in [0.2, 0.25) is 0 Å². The van der Waals surface area contributed by atoms with Crippen LogP contribution in [0.2, 0.25) is 5.02 Å². The van der Waals surface area contributed by atoms with Crippen LogP contribution in [0.3, 0.4) is 0 Å². The largest absolute Gasteiger partial charge is 0.389 e. The number of amides is 3. The fourth-order valence-electron chi connectivity index (χ4n) is 3.37. The van der Waals surface area contributed by atoms with Crippen molar-refractivity contribution < 1.29 is 14.7 Å². The van der Waals surface area contributed by atoms with Gasteiger partial charge < -0.3 is 21.1 Å². The molecule has 0 unspecified atom stereocenters. The van der Waals surface area contributed by atoms with Crippen molar-refractivity contribution in [2.75, 3.05) is 30.3 Å². The SMILES string of the molecule is CC(C)(O)CN1CC[C@H](NC(=O)Nc2cccc(C(=O)Nc3ccc(Cl)cn3)c2)C1. The number of nitrogens with one attached hydrogen (secondary N) is 3. The molecule has 160 valence electrons. The monoisotopic (exact) mass is 431 g/mol. The van der Waals surface area contributed by atoms with Gasteiger partial charge in [-0.15, -0.1) is 0 Å². The molecular weight excluding hydrogens is 406 g/mol. The Morgan fingerprint density at radius 1 is 1.27 bits per heavy atom. The summed E-state index contributed by atoms with van der Waals surface area (Å²) in [6.07, 6.45) is 2.27. The number of urea groups is 1. The quantitative estimate of drug-likeness (QED) is 0.562. The highest BCUT2D eigenvalue weighted by Gasteiger charge is 2.27. The summed E-state index contributed by atoms with van der Waals surface area (Å²) in [5, 5.41) is 18.8. The van der Waals surface area contributed by atoms with E-state index in [1.807, 2.05) is 0 Å². The van der Waals surface area contributed by atoms with Crippen LogP contribution in [0.15, 0.2) is 42.6 Å². The van der Waals surface area contributed by atoms with Gasteiger partial charge in [-0.3, -0.25) is 9.69 Å². The fourth-order valence-corrected chi connectivity index (χ4v) is 3.48. The van der Waals surface area contributed by atoms with Crippen molar-refractivity contribution in [2.24, 2.45) is 0 Å². The lowest BCUT2D eigenvalue weighted by Gasteiger charge is -2.25. The number of β-amino-alcohol motifs (C(OH)–C–C–N with tert-alkyl or cyclic N) is 1. The van der Waals surface area contributed by atoms with E-state index in [2.05, 4.69) is 25.8 Å². The van der Waals surface area contributed by atoms with Crippen molar-refractivity contribution in [2.45, 2.75) is 31.9 Å². The minimum absolute atomic E-state index is 0.00908. The Morgan fingerprint density at radius 2 is 2.07 bits per heavy atom. The molecule has 1 aliphatic rings. The standard InChI is InChI=1S/C21H26ClN5O3/c1-21(2,30)13-27-9-8-17(12-27)25-20(29)24-16-5-3-4-14(10-16)19(28)26-18-7-6-15(22)11-23-18/h3-7,10-11,17,30H,8-9,12-13H2,1-2H3,(H,23,26,28)(H2,24,25,29)/t17-/m0/s1. The molecular formula is C21H26ClN5O3. The molecule has 9 heteroatoms. The summed E-state index contributed by atoms with van der Waals surface area (Å²) in [6.45, 7) is 5.61. The number of hydrogen-bond acceptors (Lipinski definition) is 5. The molecule has 1 aliphatic heterocycles. The van der Waals surface area contributed by atoms with Crippen LogP contribution in [0.4, 0.5) is 16.3 Å². The number of likely N-dealkylation sites (tertiary alicyclic amines) is 1. The van der Waals surface area contributed by atoms with Crippen LogP contribution in [0, 0.1) is 0 Å². The lowest BCUT2D eigenvalue weighted by Crippen LogP contribution is -2.42. The first kappa shape index (κ1) is 22.0. The van der Waals surface area contributed by atoms with Gasteiger partial charge in [0.25, 0.3) is 5.91 Å². The highest BCUT2D eigenvalue weighted by atomic mass is 35.5. The molecule has 0 spiro atoms. The van der Waals surface area contributed by atoms with E-state index in [0.29, 0.717) is 35.2 Å². The van der Waals surface area contributed by atoms with Gasteiger partial charge in [0.1, 0.15) is 5.82 Å². The zero-order valence-corrected chi connectivity index (χ0v) is 17.7.